The normalized spacial score (nSPS) is 11.1. The lowest BCUT2D eigenvalue weighted by molar-refractivity contribution is 0.475. The summed E-state index contributed by atoms with van der Waals surface area (Å²) in [5.74, 6) is 0.189. The number of hydrogen-bond acceptors (Lipinski definition) is 4. The summed E-state index contributed by atoms with van der Waals surface area (Å²) in [6.45, 7) is 0. The predicted molar refractivity (Wildman–Crippen MR) is 115 cm³/mol. The molecule has 3 aromatic heterocycles. The molecule has 0 aliphatic rings. The van der Waals surface area contributed by atoms with Gasteiger partial charge in [-0.3, -0.25) is 9.36 Å². The third-order valence-electron chi connectivity index (χ3n) is 4.98. The van der Waals surface area contributed by atoms with Crippen LogP contribution < -0.4 is 5.56 Å². The molecule has 3 heterocycles. The molecule has 0 fully saturated rings. The second-order valence-electron chi connectivity index (χ2n) is 7.00. The number of phenols is 1. The Morgan fingerprint density at radius 1 is 0.867 bits per heavy atom. The van der Waals surface area contributed by atoms with E-state index >= 15 is 0 Å². The minimum absolute atomic E-state index is 0.189. The van der Waals surface area contributed by atoms with Crippen LogP contribution in [-0.2, 0) is 6.42 Å². The van der Waals surface area contributed by atoms with Gasteiger partial charge in [-0.25, -0.2) is 9.97 Å². The van der Waals surface area contributed by atoms with Crippen LogP contribution >= 0.6 is 0 Å². The Labute approximate surface area is 172 Å². The van der Waals surface area contributed by atoms with Crippen molar-refractivity contribution >= 4 is 11.2 Å². The first kappa shape index (κ1) is 17.9. The molecule has 30 heavy (non-hydrogen) atoms. The fourth-order valence-electron chi connectivity index (χ4n) is 3.53. The highest BCUT2D eigenvalue weighted by molar-refractivity contribution is 5.72. The molecular weight excluding hydrogens is 376 g/mol. The number of aromatic nitrogens is 4. The van der Waals surface area contributed by atoms with Gasteiger partial charge in [0.05, 0.1) is 5.69 Å². The van der Waals surface area contributed by atoms with Crippen LogP contribution in [0.25, 0.3) is 22.5 Å². The zero-order valence-corrected chi connectivity index (χ0v) is 16.0. The van der Waals surface area contributed by atoms with E-state index in [0.717, 1.165) is 16.9 Å². The van der Waals surface area contributed by atoms with Gasteiger partial charge in [0.15, 0.2) is 5.65 Å². The molecule has 0 saturated heterocycles. The molecule has 2 aromatic carbocycles. The molecular formula is C24H18N4O2. The third-order valence-corrected chi connectivity index (χ3v) is 4.98. The van der Waals surface area contributed by atoms with E-state index in [1.807, 2.05) is 65.5 Å². The highest BCUT2D eigenvalue weighted by atomic mass is 16.3. The van der Waals surface area contributed by atoms with Crippen molar-refractivity contribution in [2.24, 2.45) is 0 Å². The second-order valence-corrected chi connectivity index (χ2v) is 7.00. The van der Waals surface area contributed by atoms with Crippen LogP contribution in [0, 0.1) is 0 Å². The van der Waals surface area contributed by atoms with Crippen molar-refractivity contribution in [3.05, 3.63) is 113 Å². The summed E-state index contributed by atoms with van der Waals surface area (Å²) in [5, 5.41) is 9.52. The van der Waals surface area contributed by atoms with E-state index < -0.39 is 0 Å². The Balaban J connectivity index is 1.69. The molecule has 0 atom stereocenters. The lowest BCUT2D eigenvalue weighted by atomic mass is 10.1. The average molecular weight is 394 g/mol. The smallest absolute Gasteiger partial charge is 0.278 e. The largest absolute Gasteiger partial charge is 0.508 e. The number of phenolic OH excluding ortho intramolecular Hbond substituents is 1. The summed E-state index contributed by atoms with van der Waals surface area (Å²) in [6.07, 6.45) is 5.94. The van der Waals surface area contributed by atoms with Crippen molar-refractivity contribution in [1.82, 2.24) is 19.1 Å². The molecule has 0 aliphatic heterocycles. The van der Waals surface area contributed by atoms with Crippen LogP contribution in [0.15, 0.2) is 96.2 Å². The monoisotopic (exact) mass is 394 g/mol. The third kappa shape index (κ3) is 3.24. The Bertz CT molecular complexity index is 1390. The summed E-state index contributed by atoms with van der Waals surface area (Å²) in [4.78, 5) is 22.5. The average Bonchev–Trinajstić information content (AvgIpc) is 3.31. The van der Waals surface area contributed by atoms with E-state index in [9.17, 15) is 9.90 Å². The fourth-order valence-corrected chi connectivity index (χ4v) is 3.53. The van der Waals surface area contributed by atoms with Crippen LogP contribution in [0.3, 0.4) is 0 Å². The Morgan fingerprint density at radius 2 is 1.63 bits per heavy atom. The van der Waals surface area contributed by atoms with E-state index in [0.29, 0.717) is 23.3 Å². The predicted octanol–water partition coefficient (Wildman–Crippen LogP) is 3.87. The zero-order chi connectivity index (χ0) is 20.5. The van der Waals surface area contributed by atoms with Crippen molar-refractivity contribution in [3.63, 3.8) is 0 Å². The molecule has 6 nitrogen and oxygen atoms in total. The van der Waals surface area contributed by atoms with Gasteiger partial charge in [-0.15, -0.1) is 0 Å². The van der Waals surface area contributed by atoms with Crippen LogP contribution in [0.4, 0.5) is 0 Å². The van der Waals surface area contributed by atoms with Crippen molar-refractivity contribution in [1.29, 1.82) is 0 Å². The van der Waals surface area contributed by atoms with E-state index in [-0.39, 0.29) is 11.3 Å². The molecule has 6 heteroatoms. The summed E-state index contributed by atoms with van der Waals surface area (Å²) in [5.41, 5.74) is 3.95. The maximum Gasteiger partial charge on any atom is 0.278 e. The van der Waals surface area contributed by atoms with Crippen LogP contribution in [0.5, 0.6) is 5.75 Å². The Hall–Kier alpha value is -4.19. The van der Waals surface area contributed by atoms with Crippen molar-refractivity contribution in [3.8, 4) is 17.1 Å². The molecule has 0 radical (unpaired) electrons. The van der Waals surface area contributed by atoms with Gasteiger partial charge in [0.2, 0.25) is 0 Å². The molecule has 0 bridgehead atoms. The van der Waals surface area contributed by atoms with Crippen LogP contribution in [0.2, 0.25) is 0 Å². The van der Waals surface area contributed by atoms with E-state index in [1.165, 1.54) is 0 Å². The second kappa shape index (κ2) is 7.33. The number of benzene rings is 2. The van der Waals surface area contributed by atoms with Gasteiger partial charge in [0.1, 0.15) is 17.0 Å². The first-order valence-corrected chi connectivity index (χ1v) is 9.57. The first-order chi connectivity index (χ1) is 14.7. The quantitative estimate of drug-likeness (QED) is 0.502. The Kier molecular flexibility index (Phi) is 4.37. The van der Waals surface area contributed by atoms with Crippen LogP contribution in [-0.4, -0.2) is 24.2 Å². The molecule has 0 amide bonds. The zero-order valence-electron chi connectivity index (χ0n) is 16.0. The van der Waals surface area contributed by atoms with Crippen molar-refractivity contribution < 1.29 is 5.11 Å². The maximum atomic E-state index is 13.5. The number of nitrogens with zero attached hydrogens (tertiary/aromatic N) is 4. The number of pyridine rings is 1. The molecule has 0 aliphatic carbocycles. The first-order valence-electron chi connectivity index (χ1n) is 9.57. The molecule has 5 aromatic rings. The highest BCUT2D eigenvalue weighted by Crippen LogP contribution is 2.19. The molecule has 5 rings (SSSR count). The highest BCUT2D eigenvalue weighted by Gasteiger charge is 2.14. The van der Waals surface area contributed by atoms with Gasteiger partial charge in [-0.05, 0) is 60.2 Å². The standard InChI is InChI=1S/C24H18N4O2/c29-20-10-8-17(9-11-20)15-22-24(30)28(23-21(26-22)7-4-12-25-23)19-6-3-5-18(16-19)27-13-1-2-14-27/h1-14,16,29H,15H2. The summed E-state index contributed by atoms with van der Waals surface area (Å²) in [7, 11) is 0. The summed E-state index contributed by atoms with van der Waals surface area (Å²) >= 11 is 0. The fraction of sp³-hybridized carbons (Fsp3) is 0.0417. The van der Waals surface area contributed by atoms with E-state index in [1.54, 1.807) is 35.0 Å². The van der Waals surface area contributed by atoms with Crippen LogP contribution in [0.1, 0.15) is 11.3 Å². The SMILES string of the molecule is O=c1c(Cc2ccc(O)cc2)nc2cccnc2n1-c1cccc(-n2cccc2)c1. The number of fused-ring (bicyclic) bond motifs is 1. The van der Waals surface area contributed by atoms with Gasteiger partial charge in [-0.2, -0.15) is 0 Å². The summed E-state index contributed by atoms with van der Waals surface area (Å²) < 4.78 is 3.60. The van der Waals surface area contributed by atoms with Crippen molar-refractivity contribution in [2.45, 2.75) is 6.42 Å². The summed E-state index contributed by atoms with van der Waals surface area (Å²) in [6, 6.07) is 22.1. The number of rotatable bonds is 4. The molecule has 1 N–H and O–H groups in total. The van der Waals surface area contributed by atoms with E-state index in [2.05, 4.69) is 9.97 Å². The number of aromatic hydroxyl groups is 1. The maximum absolute atomic E-state index is 13.5. The van der Waals surface area contributed by atoms with Gasteiger partial charge < -0.3 is 9.67 Å². The van der Waals surface area contributed by atoms with Gasteiger partial charge in [0, 0.05) is 30.7 Å². The molecule has 0 spiro atoms. The molecule has 146 valence electrons. The van der Waals surface area contributed by atoms with Crippen molar-refractivity contribution in [2.75, 3.05) is 0 Å². The topological polar surface area (TPSA) is 72.9 Å². The lowest BCUT2D eigenvalue weighted by Gasteiger charge is -2.13. The Morgan fingerprint density at radius 3 is 2.43 bits per heavy atom. The van der Waals surface area contributed by atoms with E-state index in [4.69, 9.17) is 0 Å². The minimum Gasteiger partial charge on any atom is -0.508 e. The van der Waals surface area contributed by atoms with Gasteiger partial charge in [-0.1, -0.05) is 18.2 Å². The van der Waals surface area contributed by atoms with Gasteiger partial charge in [0.25, 0.3) is 5.56 Å². The molecule has 0 unspecified atom stereocenters. The molecule has 0 saturated carbocycles. The lowest BCUT2D eigenvalue weighted by Crippen LogP contribution is -2.25. The van der Waals surface area contributed by atoms with Gasteiger partial charge >= 0.3 is 0 Å². The number of hydrogen-bond donors (Lipinski definition) is 1. The minimum atomic E-state index is -0.209.